The van der Waals surface area contributed by atoms with Crippen molar-refractivity contribution in [3.63, 3.8) is 0 Å². The van der Waals surface area contributed by atoms with E-state index in [0.717, 1.165) is 60.4 Å². The molecule has 0 radical (unpaired) electrons. The Kier molecular flexibility index (Phi) is 16.6. The summed E-state index contributed by atoms with van der Waals surface area (Å²) in [6, 6.07) is 21.9. The first-order chi connectivity index (χ1) is 21.6. The lowest BCUT2D eigenvalue weighted by Gasteiger charge is -2.26. The Hall–Kier alpha value is -3.23. The summed E-state index contributed by atoms with van der Waals surface area (Å²) in [5, 5.41) is 10.0. The van der Waals surface area contributed by atoms with Crippen LogP contribution in [0.5, 0.6) is 0 Å². The summed E-state index contributed by atoms with van der Waals surface area (Å²) in [6.45, 7) is 10.9. The Labute approximate surface area is 274 Å². The molecule has 0 amide bonds. The zero-order chi connectivity index (χ0) is 31.4. The molecule has 3 N–H and O–H groups in total. The SMILES string of the molecule is CC=C(C=CNC)Nc1ccc(N(CCCC)CCSSCCN(CCCC)c2ccc(Nc3cc[n+](C)cc3)cc2)cc1. The molecule has 0 saturated heterocycles. The van der Waals surface area contributed by atoms with Crippen molar-refractivity contribution in [3.05, 3.63) is 97.1 Å². The van der Waals surface area contributed by atoms with Gasteiger partial charge in [-0.2, -0.15) is 0 Å². The molecule has 1 aromatic heterocycles. The minimum Gasteiger partial charge on any atom is -0.394 e. The average Bonchev–Trinajstić information content (AvgIpc) is 3.05. The largest absolute Gasteiger partial charge is 0.394 e. The van der Waals surface area contributed by atoms with Crippen molar-refractivity contribution in [2.75, 3.05) is 65.2 Å². The van der Waals surface area contributed by atoms with E-state index in [1.165, 1.54) is 37.1 Å². The molecule has 0 aliphatic carbocycles. The summed E-state index contributed by atoms with van der Waals surface area (Å²) in [5.74, 6) is 2.22. The summed E-state index contributed by atoms with van der Waals surface area (Å²) in [6.07, 6.45) is 15.0. The number of aryl methyl sites for hydroxylation is 1. The number of rotatable bonds is 21. The highest BCUT2D eigenvalue weighted by molar-refractivity contribution is 8.76. The molecule has 0 aliphatic heterocycles. The number of nitrogens with zero attached hydrogens (tertiary/aromatic N) is 3. The topological polar surface area (TPSA) is 46.5 Å². The number of anilines is 5. The number of hydrogen-bond acceptors (Lipinski definition) is 7. The van der Waals surface area contributed by atoms with Gasteiger partial charge in [0, 0.05) is 85.3 Å². The van der Waals surface area contributed by atoms with Gasteiger partial charge >= 0.3 is 0 Å². The van der Waals surface area contributed by atoms with Gasteiger partial charge in [-0.15, -0.1) is 0 Å². The van der Waals surface area contributed by atoms with E-state index >= 15 is 0 Å². The molecule has 0 bridgehead atoms. The van der Waals surface area contributed by atoms with E-state index in [9.17, 15) is 0 Å². The monoisotopic (exact) mass is 633 g/mol. The summed E-state index contributed by atoms with van der Waals surface area (Å²) in [5.41, 5.74) is 7.00. The van der Waals surface area contributed by atoms with Crippen LogP contribution in [0.3, 0.4) is 0 Å². The maximum Gasteiger partial charge on any atom is 0.170 e. The first-order valence-electron chi connectivity index (χ1n) is 16.0. The number of unbranched alkanes of at least 4 members (excludes halogenated alkanes) is 2. The first kappa shape index (κ1) is 35.3. The molecule has 0 atom stereocenters. The molecule has 0 unspecified atom stereocenters. The summed E-state index contributed by atoms with van der Waals surface area (Å²) in [7, 11) is 7.95. The fourth-order valence-corrected chi connectivity index (χ4v) is 6.64. The van der Waals surface area contributed by atoms with E-state index in [4.69, 9.17) is 0 Å². The Morgan fingerprint density at radius 3 is 1.70 bits per heavy atom. The van der Waals surface area contributed by atoms with E-state index in [2.05, 4.69) is 119 Å². The van der Waals surface area contributed by atoms with Gasteiger partial charge < -0.3 is 25.8 Å². The lowest BCUT2D eigenvalue weighted by molar-refractivity contribution is -0.671. The highest BCUT2D eigenvalue weighted by atomic mass is 33.1. The summed E-state index contributed by atoms with van der Waals surface area (Å²) in [4.78, 5) is 5.08. The van der Waals surface area contributed by atoms with E-state index in [-0.39, 0.29) is 0 Å². The van der Waals surface area contributed by atoms with Crippen LogP contribution in [0.15, 0.2) is 97.1 Å². The summed E-state index contributed by atoms with van der Waals surface area (Å²) < 4.78 is 2.04. The van der Waals surface area contributed by atoms with E-state index in [1.54, 1.807) is 0 Å². The highest BCUT2D eigenvalue weighted by Crippen LogP contribution is 2.26. The van der Waals surface area contributed by atoms with Gasteiger partial charge in [-0.05, 0) is 80.6 Å². The van der Waals surface area contributed by atoms with Crippen LogP contribution in [0.2, 0.25) is 0 Å². The van der Waals surface area contributed by atoms with Crippen LogP contribution in [0, 0.1) is 0 Å². The molecular weight excluding hydrogens is 581 g/mol. The minimum absolute atomic E-state index is 1.06. The number of aromatic nitrogens is 1. The van der Waals surface area contributed by atoms with Gasteiger partial charge in [0.2, 0.25) is 0 Å². The lowest BCUT2D eigenvalue weighted by Crippen LogP contribution is -2.27. The first-order valence-corrected chi connectivity index (χ1v) is 18.5. The lowest BCUT2D eigenvalue weighted by atomic mass is 10.2. The van der Waals surface area contributed by atoms with Crippen LogP contribution in [-0.2, 0) is 7.05 Å². The predicted molar refractivity (Wildman–Crippen MR) is 199 cm³/mol. The third kappa shape index (κ3) is 12.8. The van der Waals surface area contributed by atoms with Crippen LogP contribution >= 0.6 is 21.6 Å². The van der Waals surface area contributed by atoms with Crippen molar-refractivity contribution in [3.8, 4) is 0 Å². The van der Waals surface area contributed by atoms with E-state index in [1.807, 2.05) is 59.4 Å². The van der Waals surface area contributed by atoms with Crippen molar-refractivity contribution in [2.24, 2.45) is 7.05 Å². The Bertz CT molecular complexity index is 1240. The fraction of sp³-hybridized carbons (Fsp3) is 0.417. The predicted octanol–water partition coefficient (Wildman–Crippen LogP) is 8.60. The normalized spacial score (nSPS) is 11.5. The standard InChI is InChI=1S/C36H52N6S2/c1-6-9-23-41(35-15-11-32(12-16-35)38-31(8-3)19-22-37-4)27-29-43-44-30-28-42(24-10-7-2)36-17-13-33(14-18-36)39-34-20-25-40(5)26-21-34/h8,11-22,25-26,37-38H,6-7,9-10,23-24,27-30H2,1-5H3/p+1. The maximum absolute atomic E-state index is 3.51. The number of hydrogen-bond donors (Lipinski definition) is 3. The van der Waals surface area contributed by atoms with Crippen LogP contribution in [0.1, 0.15) is 46.5 Å². The Morgan fingerprint density at radius 2 is 1.23 bits per heavy atom. The molecule has 0 fully saturated rings. The van der Waals surface area contributed by atoms with E-state index < -0.39 is 0 Å². The van der Waals surface area contributed by atoms with Crippen molar-refractivity contribution in [1.82, 2.24) is 5.32 Å². The van der Waals surface area contributed by atoms with E-state index in [0.29, 0.717) is 0 Å². The van der Waals surface area contributed by atoms with Gasteiger partial charge in [-0.3, -0.25) is 0 Å². The Balaban J connectivity index is 1.47. The number of benzene rings is 2. The third-order valence-electron chi connectivity index (χ3n) is 7.30. The average molecular weight is 634 g/mol. The maximum atomic E-state index is 3.51. The molecular formula is C36H53N6S2+. The second-order valence-corrected chi connectivity index (χ2v) is 13.5. The molecule has 1 heterocycles. The molecule has 238 valence electrons. The highest BCUT2D eigenvalue weighted by Gasteiger charge is 2.09. The van der Waals surface area contributed by atoms with Crippen LogP contribution < -0.4 is 30.3 Å². The van der Waals surface area contributed by atoms with Crippen LogP contribution in [-0.4, -0.2) is 44.7 Å². The molecule has 0 spiro atoms. The van der Waals surface area contributed by atoms with Crippen molar-refractivity contribution >= 4 is 50.0 Å². The second-order valence-electron chi connectivity index (χ2n) is 10.8. The Morgan fingerprint density at radius 1 is 0.727 bits per heavy atom. The van der Waals surface area contributed by atoms with Gasteiger partial charge in [0.15, 0.2) is 12.4 Å². The van der Waals surface area contributed by atoms with Crippen molar-refractivity contribution < 1.29 is 4.57 Å². The number of nitrogens with one attached hydrogen (secondary N) is 3. The molecule has 8 heteroatoms. The van der Waals surface area contributed by atoms with Crippen molar-refractivity contribution in [2.45, 2.75) is 46.5 Å². The number of allylic oxidation sites excluding steroid dienone is 2. The van der Waals surface area contributed by atoms with Gasteiger partial charge in [0.25, 0.3) is 0 Å². The van der Waals surface area contributed by atoms with Crippen molar-refractivity contribution in [1.29, 1.82) is 0 Å². The minimum atomic E-state index is 1.06. The van der Waals surface area contributed by atoms with Gasteiger partial charge in [-0.25, -0.2) is 4.57 Å². The quantitative estimate of drug-likeness (QED) is 0.0470. The second kappa shape index (κ2) is 20.7. The molecule has 3 aromatic rings. The van der Waals surface area contributed by atoms with Gasteiger partial charge in [0.1, 0.15) is 7.05 Å². The van der Waals surface area contributed by atoms with Crippen LogP contribution in [0.25, 0.3) is 0 Å². The zero-order valence-corrected chi connectivity index (χ0v) is 29.0. The molecule has 44 heavy (non-hydrogen) atoms. The van der Waals surface area contributed by atoms with Gasteiger partial charge in [-0.1, -0.05) is 54.4 Å². The molecule has 6 nitrogen and oxygen atoms in total. The van der Waals surface area contributed by atoms with Gasteiger partial charge in [0.05, 0.1) is 5.69 Å². The molecule has 2 aromatic carbocycles. The smallest absolute Gasteiger partial charge is 0.170 e. The summed E-state index contributed by atoms with van der Waals surface area (Å²) >= 11 is 0. The molecule has 0 aliphatic rings. The third-order valence-corrected chi connectivity index (χ3v) is 9.66. The zero-order valence-electron chi connectivity index (χ0n) is 27.4. The molecule has 3 rings (SSSR count). The fourth-order valence-electron chi connectivity index (χ4n) is 4.66. The number of pyridine rings is 1. The molecule has 0 saturated carbocycles. The van der Waals surface area contributed by atoms with Crippen LogP contribution in [0.4, 0.5) is 28.4 Å².